The van der Waals surface area contributed by atoms with E-state index < -0.39 is 0 Å². The molecule has 1 atom stereocenters. The third-order valence-electron chi connectivity index (χ3n) is 3.27. The summed E-state index contributed by atoms with van der Waals surface area (Å²) >= 11 is 1.33. The minimum absolute atomic E-state index is 0.265. The van der Waals surface area contributed by atoms with Crippen molar-refractivity contribution in [2.45, 2.75) is 19.4 Å². The molecule has 22 heavy (non-hydrogen) atoms. The van der Waals surface area contributed by atoms with Crippen molar-refractivity contribution in [3.05, 3.63) is 42.1 Å². The van der Waals surface area contributed by atoms with Gasteiger partial charge in [0, 0.05) is 18.0 Å². The van der Waals surface area contributed by atoms with Crippen molar-refractivity contribution in [1.29, 1.82) is 0 Å². The van der Waals surface area contributed by atoms with Crippen molar-refractivity contribution in [2.24, 2.45) is 0 Å². The summed E-state index contributed by atoms with van der Waals surface area (Å²) in [6.07, 6.45) is 2.31. The Kier molecular flexibility index (Phi) is 4.26. The van der Waals surface area contributed by atoms with Crippen LogP contribution in [0.5, 0.6) is 0 Å². The smallest absolute Gasteiger partial charge is 0.269 e. The van der Waals surface area contributed by atoms with E-state index >= 15 is 0 Å². The second-order valence-electron chi connectivity index (χ2n) is 4.92. The molecule has 0 amide bonds. The lowest BCUT2D eigenvalue weighted by Crippen LogP contribution is -2.24. The van der Waals surface area contributed by atoms with Gasteiger partial charge in [0.25, 0.3) is 5.89 Å². The maximum atomic E-state index is 13.8. The molecule has 3 aromatic rings. The van der Waals surface area contributed by atoms with E-state index in [9.17, 15) is 4.39 Å². The van der Waals surface area contributed by atoms with Crippen LogP contribution in [0.25, 0.3) is 21.3 Å². The lowest BCUT2D eigenvalue weighted by molar-refractivity contribution is 0.419. The van der Waals surface area contributed by atoms with Crippen LogP contribution in [-0.4, -0.2) is 28.2 Å². The van der Waals surface area contributed by atoms with Crippen molar-refractivity contribution in [3.8, 4) is 21.3 Å². The fourth-order valence-electron chi connectivity index (χ4n) is 1.95. The van der Waals surface area contributed by atoms with Gasteiger partial charge in [0.2, 0.25) is 0 Å². The van der Waals surface area contributed by atoms with Crippen LogP contribution in [0, 0.1) is 5.82 Å². The summed E-state index contributed by atoms with van der Waals surface area (Å²) in [5, 5.41) is 7.67. The number of aromatic nitrogens is 3. The number of hydrogen-bond acceptors (Lipinski definition) is 6. The van der Waals surface area contributed by atoms with Gasteiger partial charge in [-0.3, -0.25) is 0 Å². The number of nitrogens with zero attached hydrogens (tertiary/aromatic N) is 3. The van der Waals surface area contributed by atoms with E-state index in [-0.39, 0.29) is 11.9 Å². The molecule has 114 valence electrons. The van der Waals surface area contributed by atoms with E-state index in [2.05, 4.69) is 20.4 Å². The maximum absolute atomic E-state index is 13.8. The summed E-state index contributed by atoms with van der Waals surface area (Å²) in [7, 11) is 1.88. The second-order valence-corrected chi connectivity index (χ2v) is 5.95. The van der Waals surface area contributed by atoms with Gasteiger partial charge in [-0.2, -0.15) is 4.98 Å². The molecule has 0 aliphatic rings. The van der Waals surface area contributed by atoms with Gasteiger partial charge in [0.1, 0.15) is 15.7 Å². The third kappa shape index (κ3) is 3.05. The molecule has 1 N–H and O–H groups in total. The number of nitrogens with one attached hydrogen (secondary N) is 1. The third-order valence-corrected chi connectivity index (χ3v) is 4.29. The number of thiazole rings is 1. The van der Waals surface area contributed by atoms with Crippen molar-refractivity contribution in [2.75, 3.05) is 7.05 Å². The summed E-state index contributed by atoms with van der Waals surface area (Å²) in [4.78, 5) is 9.34. The summed E-state index contributed by atoms with van der Waals surface area (Å²) in [6.45, 7) is 2.04. The molecule has 0 aliphatic heterocycles. The van der Waals surface area contributed by atoms with Gasteiger partial charge in [0.15, 0.2) is 5.82 Å². The van der Waals surface area contributed by atoms with Gasteiger partial charge in [-0.05, 0) is 26.1 Å². The molecule has 0 bridgehead atoms. The zero-order valence-electron chi connectivity index (χ0n) is 12.2. The van der Waals surface area contributed by atoms with Gasteiger partial charge in [-0.25, -0.2) is 9.37 Å². The van der Waals surface area contributed by atoms with Crippen LogP contribution < -0.4 is 5.32 Å². The number of likely N-dealkylation sites (N-methyl/N-ethyl adjacent to an activating group) is 1. The van der Waals surface area contributed by atoms with Crippen LogP contribution in [0.1, 0.15) is 12.7 Å². The van der Waals surface area contributed by atoms with E-state index in [0.29, 0.717) is 28.7 Å². The highest BCUT2D eigenvalue weighted by atomic mass is 32.1. The Morgan fingerprint density at radius 1 is 1.36 bits per heavy atom. The van der Waals surface area contributed by atoms with Gasteiger partial charge in [-0.1, -0.05) is 17.3 Å². The SMILES string of the molecule is CNC(C)Cc1noc(-c2cnc(-c3ccccc3F)s2)n1. The van der Waals surface area contributed by atoms with E-state index in [1.54, 1.807) is 24.4 Å². The molecule has 0 spiro atoms. The van der Waals surface area contributed by atoms with E-state index in [1.807, 2.05) is 14.0 Å². The van der Waals surface area contributed by atoms with Crippen LogP contribution >= 0.6 is 11.3 Å². The average Bonchev–Trinajstić information content (AvgIpc) is 3.16. The van der Waals surface area contributed by atoms with Crippen LogP contribution in [0.4, 0.5) is 4.39 Å². The molecule has 5 nitrogen and oxygen atoms in total. The lowest BCUT2D eigenvalue weighted by atomic mass is 10.2. The average molecular weight is 318 g/mol. The van der Waals surface area contributed by atoms with Crippen molar-refractivity contribution in [3.63, 3.8) is 0 Å². The summed E-state index contributed by atoms with van der Waals surface area (Å²) in [5.41, 5.74) is 0.474. The maximum Gasteiger partial charge on any atom is 0.269 e. The lowest BCUT2D eigenvalue weighted by Gasteiger charge is -2.04. The van der Waals surface area contributed by atoms with Gasteiger partial charge in [-0.15, -0.1) is 11.3 Å². The quantitative estimate of drug-likeness (QED) is 0.783. The summed E-state index contributed by atoms with van der Waals surface area (Å²) < 4.78 is 19.0. The summed E-state index contributed by atoms with van der Waals surface area (Å²) in [6, 6.07) is 6.82. The highest BCUT2D eigenvalue weighted by Crippen LogP contribution is 2.32. The number of hydrogen-bond donors (Lipinski definition) is 1. The first-order valence-corrected chi connectivity index (χ1v) is 7.70. The fraction of sp³-hybridized carbons (Fsp3) is 0.267. The van der Waals surface area contributed by atoms with Crippen LogP contribution in [-0.2, 0) is 6.42 Å². The van der Waals surface area contributed by atoms with E-state index in [0.717, 1.165) is 4.88 Å². The first-order valence-electron chi connectivity index (χ1n) is 6.88. The minimum atomic E-state index is -0.294. The minimum Gasteiger partial charge on any atom is -0.333 e. The molecular weight excluding hydrogens is 303 g/mol. The molecular formula is C15H15FN4OS. The molecule has 0 saturated carbocycles. The zero-order valence-corrected chi connectivity index (χ0v) is 13.0. The molecule has 2 heterocycles. The number of benzene rings is 1. The Morgan fingerprint density at radius 3 is 2.95 bits per heavy atom. The number of halogens is 1. The van der Waals surface area contributed by atoms with Crippen molar-refractivity contribution in [1.82, 2.24) is 20.4 Å². The Bertz CT molecular complexity index is 770. The van der Waals surface area contributed by atoms with Gasteiger partial charge in [0.05, 0.1) is 6.20 Å². The van der Waals surface area contributed by atoms with E-state index in [1.165, 1.54) is 17.4 Å². The topological polar surface area (TPSA) is 63.8 Å². The largest absolute Gasteiger partial charge is 0.333 e. The highest BCUT2D eigenvalue weighted by Gasteiger charge is 2.15. The van der Waals surface area contributed by atoms with Crippen LogP contribution in [0.2, 0.25) is 0 Å². The molecule has 7 heteroatoms. The van der Waals surface area contributed by atoms with Crippen molar-refractivity contribution >= 4 is 11.3 Å². The summed E-state index contributed by atoms with van der Waals surface area (Å²) in [5.74, 6) is 0.758. The Hall–Kier alpha value is -2.12. The molecule has 2 aromatic heterocycles. The fourth-order valence-corrected chi connectivity index (χ4v) is 2.81. The van der Waals surface area contributed by atoms with Crippen LogP contribution in [0.3, 0.4) is 0 Å². The molecule has 0 fully saturated rings. The molecule has 0 radical (unpaired) electrons. The molecule has 3 rings (SSSR count). The normalized spacial score (nSPS) is 12.5. The molecule has 0 saturated heterocycles. The predicted octanol–water partition coefficient (Wildman–Crippen LogP) is 3.15. The first kappa shape index (κ1) is 14.8. The highest BCUT2D eigenvalue weighted by molar-refractivity contribution is 7.18. The Morgan fingerprint density at radius 2 is 2.18 bits per heavy atom. The predicted molar refractivity (Wildman–Crippen MR) is 83.0 cm³/mol. The Labute approximate surface area is 131 Å². The number of rotatable bonds is 5. The van der Waals surface area contributed by atoms with Crippen LogP contribution in [0.15, 0.2) is 35.0 Å². The molecule has 1 unspecified atom stereocenters. The molecule has 0 aliphatic carbocycles. The standard InChI is InChI=1S/C15H15FN4OS/c1-9(17-2)7-13-19-14(21-20-13)12-8-18-15(22-12)10-5-3-4-6-11(10)16/h3-6,8-9,17H,7H2,1-2H3. The Balaban J connectivity index is 1.84. The van der Waals surface area contributed by atoms with Gasteiger partial charge < -0.3 is 9.84 Å². The van der Waals surface area contributed by atoms with Gasteiger partial charge >= 0.3 is 0 Å². The first-order chi connectivity index (χ1) is 10.7. The van der Waals surface area contributed by atoms with E-state index in [4.69, 9.17) is 4.52 Å². The molecule has 1 aromatic carbocycles. The van der Waals surface area contributed by atoms with Crippen molar-refractivity contribution < 1.29 is 8.91 Å². The second kappa shape index (κ2) is 6.33. The zero-order chi connectivity index (χ0) is 15.5. The monoisotopic (exact) mass is 318 g/mol.